The first-order valence-corrected chi connectivity index (χ1v) is 10.6. The predicted octanol–water partition coefficient (Wildman–Crippen LogP) is 3.75. The van der Waals surface area contributed by atoms with Crippen LogP contribution in [0.15, 0.2) is 71.9 Å². The van der Waals surface area contributed by atoms with Gasteiger partial charge < -0.3 is 14.8 Å². The summed E-state index contributed by atoms with van der Waals surface area (Å²) in [6.07, 6.45) is 2.90. The van der Waals surface area contributed by atoms with Crippen LogP contribution in [0.1, 0.15) is 12.5 Å². The van der Waals surface area contributed by atoms with Crippen molar-refractivity contribution in [2.45, 2.75) is 19.0 Å². The Kier molecular flexibility index (Phi) is 5.58. The Morgan fingerprint density at radius 1 is 1.09 bits per heavy atom. The van der Waals surface area contributed by atoms with E-state index in [9.17, 15) is 13.6 Å². The monoisotopic (exact) mass is 465 g/mol. The summed E-state index contributed by atoms with van der Waals surface area (Å²) in [5.74, 6) is 0.405. The van der Waals surface area contributed by atoms with E-state index >= 15 is 0 Å². The van der Waals surface area contributed by atoms with E-state index in [-0.39, 0.29) is 17.6 Å². The summed E-state index contributed by atoms with van der Waals surface area (Å²) in [5.41, 5.74) is -0.366. The van der Waals surface area contributed by atoms with Crippen LogP contribution in [-0.2, 0) is 11.3 Å². The number of rotatable bonds is 7. The van der Waals surface area contributed by atoms with Gasteiger partial charge in [-0.05, 0) is 49.4 Å². The van der Waals surface area contributed by atoms with Crippen molar-refractivity contribution >= 4 is 5.82 Å². The quantitative estimate of drug-likeness (QED) is 0.448. The van der Waals surface area contributed by atoms with Crippen molar-refractivity contribution in [3.8, 4) is 17.2 Å². The second-order valence-corrected chi connectivity index (χ2v) is 8.30. The normalized spacial score (nSPS) is 14.4. The van der Waals surface area contributed by atoms with E-state index in [0.717, 1.165) is 21.4 Å². The van der Waals surface area contributed by atoms with Gasteiger partial charge in [-0.2, -0.15) is 9.78 Å². The van der Waals surface area contributed by atoms with Gasteiger partial charge in [0.2, 0.25) is 0 Å². The molecule has 34 heavy (non-hydrogen) atoms. The van der Waals surface area contributed by atoms with Gasteiger partial charge in [-0.3, -0.25) is 4.57 Å². The first-order valence-electron chi connectivity index (χ1n) is 10.6. The van der Waals surface area contributed by atoms with Crippen molar-refractivity contribution in [1.29, 1.82) is 0 Å². The zero-order valence-electron chi connectivity index (χ0n) is 18.2. The predicted molar refractivity (Wildman–Crippen MR) is 120 cm³/mol. The van der Waals surface area contributed by atoms with Gasteiger partial charge in [0.15, 0.2) is 0 Å². The molecule has 1 saturated heterocycles. The lowest BCUT2D eigenvalue weighted by Gasteiger charge is -2.39. The highest BCUT2D eigenvalue weighted by Crippen LogP contribution is 2.27. The fourth-order valence-corrected chi connectivity index (χ4v) is 3.60. The van der Waals surface area contributed by atoms with Crippen molar-refractivity contribution in [1.82, 2.24) is 19.3 Å². The van der Waals surface area contributed by atoms with Crippen molar-refractivity contribution < 1.29 is 18.3 Å². The third-order valence-electron chi connectivity index (χ3n) is 5.44. The van der Waals surface area contributed by atoms with Crippen LogP contribution in [0.5, 0.6) is 11.5 Å². The average molecular weight is 465 g/mol. The summed E-state index contributed by atoms with van der Waals surface area (Å²) in [7, 11) is 0. The number of ether oxygens (including phenoxy) is 2. The molecule has 0 aliphatic carbocycles. The van der Waals surface area contributed by atoms with E-state index in [0.29, 0.717) is 36.2 Å². The molecule has 1 aliphatic rings. The summed E-state index contributed by atoms with van der Waals surface area (Å²) in [6.45, 7) is 3.03. The molecule has 10 heteroatoms. The molecule has 0 amide bonds. The van der Waals surface area contributed by atoms with Gasteiger partial charge in [0.05, 0.1) is 31.0 Å². The molecule has 0 atom stereocenters. The van der Waals surface area contributed by atoms with Crippen LogP contribution in [0.25, 0.3) is 5.69 Å². The van der Waals surface area contributed by atoms with Crippen molar-refractivity contribution in [2.75, 3.05) is 18.5 Å². The number of pyridine rings is 1. The average Bonchev–Trinajstić information content (AvgIpc) is 3.16. The van der Waals surface area contributed by atoms with Gasteiger partial charge in [-0.25, -0.2) is 18.6 Å². The Balaban J connectivity index is 1.30. The maximum absolute atomic E-state index is 13.9. The molecular formula is C24H21F2N5O3. The minimum atomic E-state index is -0.717. The van der Waals surface area contributed by atoms with E-state index in [2.05, 4.69) is 22.3 Å². The minimum Gasteiger partial charge on any atom is -0.457 e. The Hall–Kier alpha value is -4.05. The molecule has 1 fully saturated rings. The number of nitrogens with one attached hydrogen (secondary N) is 1. The molecule has 4 aromatic rings. The molecule has 0 saturated carbocycles. The molecule has 3 heterocycles. The van der Waals surface area contributed by atoms with Crippen molar-refractivity contribution in [3.05, 3.63) is 94.8 Å². The van der Waals surface area contributed by atoms with Gasteiger partial charge in [0.1, 0.15) is 35.3 Å². The maximum Gasteiger partial charge on any atom is 0.350 e. The number of halogens is 2. The van der Waals surface area contributed by atoms with E-state index < -0.39 is 17.3 Å². The lowest BCUT2D eigenvalue weighted by Crippen LogP contribution is -2.53. The summed E-state index contributed by atoms with van der Waals surface area (Å²) < 4.78 is 41.3. The van der Waals surface area contributed by atoms with E-state index in [4.69, 9.17) is 9.47 Å². The fourth-order valence-electron chi connectivity index (χ4n) is 3.60. The number of anilines is 1. The Morgan fingerprint density at radius 3 is 2.50 bits per heavy atom. The molecule has 0 spiro atoms. The third-order valence-corrected chi connectivity index (χ3v) is 5.44. The minimum absolute atomic E-state index is 0.137. The van der Waals surface area contributed by atoms with Gasteiger partial charge in [-0.15, -0.1) is 0 Å². The first kappa shape index (κ1) is 21.8. The molecule has 1 aliphatic heterocycles. The zero-order valence-corrected chi connectivity index (χ0v) is 18.2. The summed E-state index contributed by atoms with van der Waals surface area (Å²) in [5, 5.41) is 7.40. The highest BCUT2D eigenvalue weighted by atomic mass is 19.1. The number of hydrogen-bond acceptors (Lipinski definition) is 6. The Morgan fingerprint density at radius 2 is 1.82 bits per heavy atom. The van der Waals surface area contributed by atoms with Crippen LogP contribution in [-0.4, -0.2) is 38.1 Å². The summed E-state index contributed by atoms with van der Waals surface area (Å²) >= 11 is 0. The van der Waals surface area contributed by atoms with Crippen LogP contribution in [0.2, 0.25) is 0 Å². The van der Waals surface area contributed by atoms with Gasteiger partial charge in [0.25, 0.3) is 0 Å². The molecule has 174 valence electrons. The molecule has 0 bridgehead atoms. The SMILES string of the molecule is CC1(Nc2cc(Oc3ccc(-n4ncn(Cc5c(F)cccc5F)c4=O)cc3)ccn2)COC1. The standard InChI is InChI=1S/C24H21F2N5O3/c1-24(13-33-14-24)29-22-11-18(9-10-27-22)34-17-7-5-16(6-8-17)31-23(32)30(15-28-31)12-19-20(25)3-2-4-21(19)26/h2-11,15H,12-14H2,1H3,(H,27,29). The molecule has 0 radical (unpaired) electrons. The van der Waals surface area contributed by atoms with Gasteiger partial charge >= 0.3 is 5.69 Å². The molecule has 1 N–H and O–H groups in total. The first-order chi connectivity index (χ1) is 16.4. The number of benzene rings is 2. The fraction of sp³-hybridized carbons (Fsp3) is 0.208. The van der Waals surface area contributed by atoms with Crippen LogP contribution in [0, 0.1) is 11.6 Å². The molecule has 2 aromatic carbocycles. The highest BCUT2D eigenvalue weighted by Gasteiger charge is 2.33. The lowest BCUT2D eigenvalue weighted by atomic mass is 10.0. The third kappa shape index (κ3) is 4.40. The van der Waals surface area contributed by atoms with Crippen molar-refractivity contribution in [3.63, 3.8) is 0 Å². The van der Waals surface area contributed by atoms with Crippen LogP contribution in [0.4, 0.5) is 14.6 Å². The highest BCUT2D eigenvalue weighted by molar-refractivity contribution is 5.45. The van der Waals surface area contributed by atoms with Crippen molar-refractivity contribution in [2.24, 2.45) is 0 Å². The topological polar surface area (TPSA) is 83.2 Å². The lowest BCUT2D eigenvalue weighted by molar-refractivity contribution is -0.0320. The Bertz CT molecular complexity index is 1360. The Labute approximate surface area is 193 Å². The zero-order chi connectivity index (χ0) is 23.7. The molecule has 0 unspecified atom stereocenters. The summed E-state index contributed by atoms with van der Waals surface area (Å²) in [6, 6.07) is 13.9. The van der Waals surface area contributed by atoms with Crippen LogP contribution < -0.4 is 15.7 Å². The van der Waals surface area contributed by atoms with Crippen LogP contribution >= 0.6 is 0 Å². The maximum atomic E-state index is 13.9. The van der Waals surface area contributed by atoms with Crippen LogP contribution in [0.3, 0.4) is 0 Å². The smallest absolute Gasteiger partial charge is 0.350 e. The molecule has 8 nitrogen and oxygen atoms in total. The van der Waals surface area contributed by atoms with E-state index in [1.807, 2.05) is 0 Å². The second kappa shape index (κ2) is 8.71. The largest absolute Gasteiger partial charge is 0.457 e. The van der Waals surface area contributed by atoms with Gasteiger partial charge in [0, 0.05) is 17.8 Å². The number of hydrogen-bond donors (Lipinski definition) is 1. The van der Waals surface area contributed by atoms with E-state index in [1.54, 1.807) is 42.6 Å². The number of aromatic nitrogens is 4. The van der Waals surface area contributed by atoms with Gasteiger partial charge in [-0.1, -0.05) is 6.07 Å². The molecule has 2 aromatic heterocycles. The molecule has 5 rings (SSSR count). The summed E-state index contributed by atoms with van der Waals surface area (Å²) in [4.78, 5) is 17.0. The van der Waals surface area contributed by atoms with E-state index in [1.165, 1.54) is 12.4 Å². The number of nitrogens with zero attached hydrogens (tertiary/aromatic N) is 4. The molecular weight excluding hydrogens is 444 g/mol. The second-order valence-electron chi connectivity index (χ2n) is 8.30.